The van der Waals surface area contributed by atoms with Crippen molar-refractivity contribution < 1.29 is 4.52 Å². The van der Waals surface area contributed by atoms with Gasteiger partial charge in [0.05, 0.1) is 11.3 Å². The molecule has 2 rings (SSSR count). The van der Waals surface area contributed by atoms with E-state index in [0.717, 1.165) is 10.0 Å². The van der Waals surface area contributed by atoms with Gasteiger partial charge in [-0.15, -0.1) is 0 Å². The average Bonchev–Trinajstić information content (AvgIpc) is 2.71. The molecule has 0 aliphatic carbocycles. The molecule has 0 amide bonds. The molecule has 2 aromatic rings. The van der Waals surface area contributed by atoms with Gasteiger partial charge in [0.2, 0.25) is 0 Å². The van der Waals surface area contributed by atoms with Crippen LogP contribution in [0.15, 0.2) is 27.2 Å². The van der Waals surface area contributed by atoms with Gasteiger partial charge in [0.1, 0.15) is 0 Å². The van der Waals surface area contributed by atoms with Crippen molar-refractivity contribution in [2.24, 2.45) is 0 Å². The minimum Gasteiger partial charge on any atom is -0.397 e. The summed E-state index contributed by atoms with van der Waals surface area (Å²) in [7, 11) is 3.69. The van der Waals surface area contributed by atoms with Crippen LogP contribution in [0.5, 0.6) is 0 Å². The topological polar surface area (TPSA) is 68.2 Å². The van der Waals surface area contributed by atoms with Crippen LogP contribution >= 0.6 is 15.9 Å². The molecule has 84 valence electrons. The first-order chi connectivity index (χ1) is 7.59. The maximum atomic E-state index is 5.91. The summed E-state index contributed by atoms with van der Waals surface area (Å²) in [6, 6.07) is 5.57. The summed E-state index contributed by atoms with van der Waals surface area (Å²) < 4.78 is 5.96. The van der Waals surface area contributed by atoms with Crippen molar-refractivity contribution in [2.75, 3.05) is 24.7 Å². The van der Waals surface area contributed by atoms with E-state index in [9.17, 15) is 0 Å². The first-order valence-electron chi connectivity index (χ1n) is 4.65. The third-order valence-corrected chi connectivity index (χ3v) is 2.79. The Kier molecular flexibility index (Phi) is 2.82. The Balaban J connectivity index is 2.47. The molecular weight excluding hydrogens is 272 g/mol. The van der Waals surface area contributed by atoms with Gasteiger partial charge in [-0.3, -0.25) is 0 Å². The first-order valence-corrected chi connectivity index (χ1v) is 5.44. The molecule has 0 saturated heterocycles. The quantitative estimate of drug-likeness (QED) is 0.855. The van der Waals surface area contributed by atoms with E-state index in [2.05, 4.69) is 26.1 Å². The molecule has 1 aromatic carbocycles. The molecule has 1 heterocycles. The van der Waals surface area contributed by atoms with E-state index in [4.69, 9.17) is 10.3 Å². The molecule has 0 aliphatic heterocycles. The third kappa shape index (κ3) is 1.88. The monoisotopic (exact) mass is 282 g/mol. The van der Waals surface area contributed by atoms with Gasteiger partial charge in [0.15, 0.2) is 0 Å². The summed E-state index contributed by atoms with van der Waals surface area (Å²) in [6.07, 6.45) is 0. The van der Waals surface area contributed by atoms with E-state index in [-0.39, 0.29) is 0 Å². The van der Waals surface area contributed by atoms with Crippen LogP contribution in [0.4, 0.5) is 11.6 Å². The molecule has 0 saturated carbocycles. The summed E-state index contributed by atoms with van der Waals surface area (Å²) >= 11 is 3.35. The largest absolute Gasteiger partial charge is 0.397 e. The molecule has 0 radical (unpaired) electrons. The number of nitrogens with zero attached hydrogens (tertiary/aromatic N) is 3. The molecule has 0 aliphatic rings. The lowest BCUT2D eigenvalue weighted by Crippen LogP contribution is -2.10. The number of benzene rings is 1. The minimum atomic E-state index is 0.419. The summed E-state index contributed by atoms with van der Waals surface area (Å²) in [6.45, 7) is 0. The molecule has 16 heavy (non-hydrogen) atoms. The van der Waals surface area contributed by atoms with Crippen molar-refractivity contribution in [1.82, 2.24) is 10.1 Å². The molecule has 5 nitrogen and oxygen atoms in total. The molecule has 0 fully saturated rings. The molecule has 0 atom stereocenters. The van der Waals surface area contributed by atoms with Crippen LogP contribution in [0.25, 0.3) is 11.5 Å². The van der Waals surface area contributed by atoms with Crippen LogP contribution in [0.3, 0.4) is 0 Å². The standard InChI is InChI=1S/C10H11BrN4O/c1-15(2)10-13-9(16-14-10)6-4-3-5-7(11)8(6)12/h3-5H,12H2,1-2H3. The Hall–Kier alpha value is -1.56. The first kappa shape index (κ1) is 10.9. The average molecular weight is 283 g/mol. The number of para-hydroxylation sites is 1. The van der Waals surface area contributed by atoms with E-state index in [1.165, 1.54) is 0 Å². The summed E-state index contributed by atoms with van der Waals surface area (Å²) in [4.78, 5) is 5.99. The van der Waals surface area contributed by atoms with E-state index >= 15 is 0 Å². The van der Waals surface area contributed by atoms with Crippen molar-refractivity contribution in [3.05, 3.63) is 22.7 Å². The van der Waals surface area contributed by atoms with Gasteiger partial charge in [-0.2, -0.15) is 4.98 Å². The SMILES string of the molecule is CN(C)c1noc(-c2cccc(Br)c2N)n1. The van der Waals surface area contributed by atoms with Crippen molar-refractivity contribution in [1.29, 1.82) is 0 Å². The van der Waals surface area contributed by atoms with Crippen molar-refractivity contribution in [3.8, 4) is 11.5 Å². The highest BCUT2D eigenvalue weighted by atomic mass is 79.9. The van der Waals surface area contributed by atoms with Gasteiger partial charge in [0, 0.05) is 18.6 Å². The molecule has 1 aromatic heterocycles. The van der Waals surface area contributed by atoms with Crippen LogP contribution < -0.4 is 10.6 Å². The van der Waals surface area contributed by atoms with Gasteiger partial charge in [-0.05, 0) is 33.2 Å². The van der Waals surface area contributed by atoms with Gasteiger partial charge in [0.25, 0.3) is 11.8 Å². The molecule has 0 spiro atoms. The van der Waals surface area contributed by atoms with Crippen LogP contribution in [-0.4, -0.2) is 24.2 Å². The Morgan fingerprint density at radius 3 is 2.75 bits per heavy atom. The maximum Gasteiger partial charge on any atom is 0.265 e. The van der Waals surface area contributed by atoms with E-state index in [0.29, 0.717) is 17.5 Å². The molecular formula is C10H11BrN4O. The predicted octanol–water partition coefficient (Wildman–Crippen LogP) is 2.15. The molecule has 0 bridgehead atoms. The zero-order valence-corrected chi connectivity index (χ0v) is 10.5. The zero-order chi connectivity index (χ0) is 11.7. The normalized spacial score (nSPS) is 10.4. The second-order valence-electron chi connectivity index (χ2n) is 3.50. The van der Waals surface area contributed by atoms with Gasteiger partial charge >= 0.3 is 0 Å². The second kappa shape index (κ2) is 4.13. The number of aromatic nitrogens is 2. The number of nitrogens with two attached hydrogens (primary N) is 1. The lowest BCUT2D eigenvalue weighted by Gasteiger charge is -2.03. The van der Waals surface area contributed by atoms with Crippen molar-refractivity contribution >= 4 is 27.6 Å². The lowest BCUT2D eigenvalue weighted by atomic mass is 10.2. The van der Waals surface area contributed by atoms with E-state index in [1.807, 2.05) is 32.3 Å². The lowest BCUT2D eigenvalue weighted by molar-refractivity contribution is 0.431. The number of hydrogen-bond donors (Lipinski definition) is 1. The number of nitrogen functional groups attached to an aromatic ring is 1. The summed E-state index contributed by atoms with van der Waals surface area (Å²) in [5, 5.41) is 3.83. The van der Waals surface area contributed by atoms with Crippen LogP contribution in [0.2, 0.25) is 0 Å². The smallest absolute Gasteiger partial charge is 0.265 e. The van der Waals surface area contributed by atoms with Crippen LogP contribution in [-0.2, 0) is 0 Å². The fourth-order valence-corrected chi connectivity index (χ4v) is 1.60. The van der Waals surface area contributed by atoms with E-state index < -0.39 is 0 Å². The molecule has 0 unspecified atom stereocenters. The fraction of sp³-hybridized carbons (Fsp3) is 0.200. The van der Waals surface area contributed by atoms with E-state index in [1.54, 1.807) is 4.90 Å². The summed E-state index contributed by atoms with van der Waals surface area (Å²) in [5.41, 5.74) is 7.24. The van der Waals surface area contributed by atoms with Gasteiger partial charge in [-0.25, -0.2) is 0 Å². The number of anilines is 2. The zero-order valence-electron chi connectivity index (χ0n) is 8.94. The highest BCUT2D eigenvalue weighted by Gasteiger charge is 2.13. The number of hydrogen-bond acceptors (Lipinski definition) is 5. The van der Waals surface area contributed by atoms with Crippen LogP contribution in [0, 0.1) is 0 Å². The number of halogens is 1. The van der Waals surface area contributed by atoms with Crippen LogP contribution in [0.1, 0.15) is 0 Å². The van der Waals surface area contributed by atoms with Gasteiger partial charge in [-0.1, -0.05) is 6.07 Å². The fourth-order valence-electron chi connectivity index (χ4n) is 1.23. The number of rotatable bonds is 2. The molecule has 2 N–H and O–H groups in total. The minimum absolute atomic E-state index is 0.419. The Labute approximate surface area is 101 Å². The van der Waals surface area contributed by atoms with Crippen molar-refractivity contribution in [2.45, 2.75) is 0 Å². The third-order valence-electron chi connectivity index (χ3n) is 2.10. The van der Waals surface area contributed by atoms with Crippen molar-refractivity contribution in [3.63, 3.8) is 0 Å². The highest BCUT2D eigenvalue weighted by Crippen LogP contribution is 2.31. The predicted molar refractivity (Wildman–Crippen MR) is 66.2 cm³/mol. The Morgan fingerprint density at radius 1 is 1.38 bits per heavy atom. The Bertz CT molecular complexity index is 509. The van der Waals surface area contributed by atoms with Gasteiger partial charge < -0.3 is 15.2 Å². The Morgan fingerprint density at radius 2 is 2.12 bits per heavy atom. The molecule has 6 heteroatoms. The second-order valence-corrected chi connectivity index (χ2v) is 4.35. The summed E-state index contributed by atoms with van der Waals surface area (Å²) in [5.74, 6) is 0.942. The maximum absolute atomic E-state index is 5.91. The highest BCUT2D eigenvalue weighted by molar-refractivity contribution is 9.10.